The van der Waals surface area contributed by atoms with E-state index in [0.29, 0.717) is 43.9 Å². The molecule has 1 atom stereocenters. The molecule has 2 heterocycles. The van der Waals surface area contributed by atoms with Crippen molar-refractivity contribution in [2.45, 2.75) is 39.3 Å². The van der Waals surface area contributed by atoms with E-state index >= 15 is 0 Å². The van der Waals surface area contributed by atoms with Gasteiger partial charge in [-0.25, -0.2) is 4.79 Å². The van der Waals surface area contributed by atoms with Gasteiger partial charge in [0.2, 0.25) is 6.41 Å². The second kappa shape index (κ2) is 13.5. The molecule has 9 nitrogen and oxygen atoms in total. The van der Waals surface area contributed by atoms with Gasteiger partial charge in [-0.1, -0.05) is 42.2 Å². The van der Waals surface area contributed by atoms with Gasteiger partial charge in [0, 0.05) is 37.3 Å². The Kier molecular flexibility index (Phi) is 10.1. The summed E-state index contributed by atoms with van der Waals surface area (Å²) in [5, 5.41) is 4.87. The van der Waals surface area contributed by atoms with Gasteiger partial charge >= 0.3 is 6.03 Å². The monoisotopic (exact) mass is 520 g/mol. The maximum Gasteiger partial charge on any atom is 0.322 e. The summed E-state index contributed by atoms with van der Waals surface area (Å²) in [6.45, 7) is 9.17. The lowest BCUT2D eigenvalue weighted by Crippen LogP contribution is -2.55. The molecule has 0 radical (unpaired) electrons. The second-order valence-electron chi connectivity index (χ2n) is 9.20. The number of rotatable bonds is 9. The average molecular weight is 521 g/mol. The molecule has 0 aromatic heterocycles. The lowest BCUT2D eigenvalue weighted by Gasteiger charge is -2.32. The van der Waals surface area contributed by atoms with Gasteiger partial charge in [0.1, 0.15) is 11.3 Å². The van der Waals surface area contributed by atoms with E-state index in [4.69, 9.17) is 9.47 Å². The number of carbonyl (C=O) groups is 3. The SMILES string of the molecule is C\C=C/C=C(CC#C[C@](C)(CN1Cc2ccc(OC)cc2C1=O)NC(=O)NC=O)\C(=C/C)N1CCOCC1. The van der Waals surface area contributed by atoms with E-state index in [1.165, 1.54) is 0 Å². The third kappa shape index (κ3) is 7.26. The number of methoxy groups -OCH3 is 1. The first-order valence-corrected chi connectivity index (χ1v) is 12.6. The van der Waals surface area contributed by atoms with Crippen LogP contribution in [0, 0.1) is 11.8 Å². The molecular formula is C29H36N4O5. The van der Waals surface area contributed by atoms with Crippen molar-refractivity contribution in [1.29, 1.82) is 0 Å². The largest absolute Gasteiger partial charge is 0.497 e. The summed E-state index contributed by atoms with van der Waals surface area (Å²) >= 11 is 0. The fraction of sp³-hybridized carbons (Fsp3) is 0.414. The molecule has 0 spiro atoms. The van der Waals surface area contributed by atoms with Crippen molar-refractivity contribution in [1.82, 2.24) is 20.4 Å². The smallest absolute Gasteiger partial charge is 0.322 e. The topological polar surface area (TPSA) is 100 Å². The van der Waals surface area contributed by atoms with E-state index in [0.717, 1.165) is 29.9 Å². The Hall–Kier alpha value is -4.03. The van der Waals surface area contributed by atoms with Gasteiger partial charge in [0.25, 0.3) is 5.91 Å². The lowest BCUT2D eigenvalue weighted by molar-refractivity contribution is -0.108. The van der Waals surface area contributed by atoms with Crippen molar-refractivity contribution in [3.63, 3.8) is 0 Å². The van der Waals surface area contributed by atoms with Crippen molar-refractivity contribution < 1.29 is 23.9 Å². The molecule has 4 amide bonds. The minimum atomic E-state index is -1.12. The first kappa shape index (κ1) is 28.5. The third-order valence-corrected chi connectivity index (χ3v) is 6.37. The Labute approximate surface area is 224 Å². The van der Waals surface area contributed by atoms with Gasteiger partial charge in [-0.3, -0.25) is 14.9 Å². The van der Waals surface area contributed by atoms with Crippen LogP contribution < -0.4 is 15.4 Å². The van der Waals surface area contributed by atoms with Crippen molar-refractivity contribution in [2.75, 3.05) is 40.0 Å². The number of amides is 4. The van der Waals surface area contributed by atoms with Gasteiger partial charge in [-0.15, -0.1) is 0 Å². The molecule has 0 aliphatic carbocycles. The zero-order valence-corrected chi connectivity index (χ0v) is 22.5. The zero-order chi connectivity index (χ0) is 27.5. The number of carbonyl (C=O) groups excluding carboxylic acids is 3. The van der Waals surface area contributed by atoms with Gasteiger partial charge < -0.3 is 24.6 Å². The maximum atomic E-state index is 13.2. The Morgan fingerprint density at radius 2 is 2.03 bits per heavy atom. The first-order valence-electron chi connectivity index (χ1n) is 12.6. The summed E-state index contributed by atoms with van der Waals surface area (Å²) < 4.78 is 10.8. The highest BCUT2D eigenvalue weighted by atomic mass is 16.5. The molecule has 0 unspecified atom stereocenters. The molecule has 9 heteroatoms. The Bertz CT molecular complexity index is 1190. The average Bonchev–Trinajstić information content (AvgIpc) is 3.21. The number of imide groups is 1. The van der Waals surface area contributed by atoms with Crippen molar-refractivity contribution >= 4 is 18.3 Å². The van der Waals surface area contributed by atoms with E-state index in [9.17, 15) is 14.4 Å². The second-order valence-corrected chi connectivity index (χ2v) is 9.20. The van der Waals surface area contributed by atoms with Crippen LogP contribution in [0.25, 0.3) is 0 Å². The van der Waals surface area contributed by atoms with Gasteiger partial charge in [0.15, 0.2) is 0 Å². The van der Waals surface area contributed by atoms with Crippen molar-refractivity contribution in [2.24, 2.45) is 0 Å². The van der Waals surface area contributed by atoms with Crippen LogP contribution in [0.1, 0.15) is 43.1 Å². The van der Waals surface area contributed by atoms with Gasteiger partial charge in [-0.2, -0.15) is 0 Å². The molecule has 1 aromatic carbocycles. The normalized spacial score (nSPS) is 17.4. The predicted molar refractivity (Wildman–Crippen MR) is 145 cm³/mol. The lowest BCUT2D eigenvalue weighted by atomic mass is 10.0. The van der Waals surface area contributed by atoms with Crippen LogP contribution in [0.15, 0.2) is 53.8 Å². The third-order valence-electron chi connectivity index (χ3n) is 6.37. The van der Waals surface area contributed by atoms with Gasteiger partial charge in [0.05, 0.1) is 26.9 Å². The van der Waals surface area contributed by atoms with E-state index in [1.54, 1.807) is 25.0 Å². The van der Waals surface area contributed by atoms with E-state index < -0.39 is 11.6 Å². The zero-order valence-electron chi connectivity index (χ0n) is 22.5. The molecule has 1 fully saturated rings. The minimum absolute atomic E-state index is 0.135. The molecular weight excluding hydrogens is 484 g/mol. The van der Waals surface area contributed by atoms with Crippen LogP contribution >= 0.6 is 0 Å². The number of ether oxygens (including phenoxy) is 2. The molecule has 2 aliphatic rings. The van der Waals surface area contributed by atoms with Crippen LogP contribution in [-0.2, 0) is 16.1 Å². The molecule has 2 aliphatic heterocycles. The molecule has 1 saturated heterocycles. The number of hydrogen-bond acceptors (Lipinski definition) is 6. The van der Waals surface area contributed by atoms with Gasteiger partial charge in [-0.05, 0) is 44.0 Å². The summed E-state index contributed by atoms with van der Waals surface area (Å²) in [5.74, 6) is 6.84. The number of morpholine rings is 1. The number of urea groups is 1. The number of hydrogen-bond donors (Lipinski definition) is 2. The van der Waals surface area contributed by atoms with E-state index in [2.05, 4.69) is 33.5 Å². The van der Waals surface area contributed by atoms with Crippen LogP contribution in [0.5, 0.6) is 5.75 Å². The van der Waals surface area contributed by atoms with Crippen LogP contribution in [0.2, 0.25) is 0 Å². The van der Waals surface area contributed by atoms with Crippen LogP contribution in [0.4, 0.5) is 4.79 Å². The first-order chi connectivity index (χ1) is 18.3. The standard InChI is InChI=1S/C29H36N4O5/c1-5-7-9-22(26(6-2)32-14-16-38-17-15-32)10-8-13-29(3,31-28(36)30-21-34)20-33-19-23-11-12-24(37-4)18-25(23)27(33)35/h5-7,9,11-12,18,21H,10,14-17,19-20H2,1-4H3,(H2,30,31,34,36)/b7-5-,22-9-,26-6+/t29-/m1/s1. The molecule has 202 valence electrons. The minimum Gasteiger partial charge on any atom is -0.497 e. The van der Waals surface area contributed by atoms with Crippen molar-refractivity contribution in [3.8, 4) is 17.6 Å². The van der Waals surface area contributed by atoms with E-state index in [1.807, 2.05) is 44.2 Å². The molecule has 2 N–H and O–H groups in total. The highest BCUT2D eigenvalue weighted by molar-refractivity contribution is 5.99. The molecule has 38 heavy (non-hydrogen) atoms. The Morgan fingerprint density at radius 1 is 1.26 bits per heavy atom. The molecule has 3 rings (SSSR count). The quantitative estimate of drug-likeness (QED) is 0.295. The highest BCUT2D eigenvalue weighted by Gasteiger charge is 2.34. The number of allylic oxidation sites excluding steroid dienone is 5. The van der Waals surface area contributed by atoms with E-state index in [-0.39, 0.29) is 12.5 Å². The Balaban J connectivity index is 1.84. The highest BCUT2D eigenvalue weighted by Crippen LogP contribution is 2.28. The fourth-order valence-corrected chi connectivity index (χ4v) is 4.58. The summed E-state index contributed by atoms with van der Waals surface area (Å²) in [6.07, 6.45) is 8.79. The summed E-state index contributed by atoms with van der Waals surface area (Å²) in [4.78, 5) is 40.3. The van der Waals surface area contributed by atoms with Crippen LogP contribution in [0.3, 0.4) is 0 Å². The molecule has 0 bridgehead atoms. The predicted octanol–water partition coefficient (Wildman–Crippen LogP) is 3.00. The van der Waals surface area contributed by atoms with Crippen LogP contribution in [-0.4, -0.2) is 73.6 Å². The maximum absolute atomic E-state index is 13.2. The number of benzene rings is 1. The fourth-order valence-electron chi connectivity index (χ4n) is 4.58. The number of nitrogens with one attached hydrogen (secondary N) is 2. The summed E-state index contributed by atoms with van der Waals surface area (Å²) in [5.41, 5.74) is 2.46. The Morgan fingerprint density at radius 3 is 2.68 bits per heavy atom. The summed E-state index contributed by atoms with van der Waals surface area (Å²) in [6, 6.07) is 4.71. The van der Waals surface area contributed by atoms with Crippen molar-refractivity contribution in [3.05, 3.63) is 64.9 Å². The summed E-state index contributed by atoms with van der Waals surface area (Å²) in [7, 11) is 1.55. The number of fused-ring (bicyclic) bond motifs is 1. The number of nitrogens with zero attached hydrogens (tertiary/aromatic N) is 2. The molecule has 0 saturated carbocycles. The molecule has 1 aromatic rings.